The number of halogens is 1. The Balaban J connectivity index is 0.776. The van der Waals surface area contributed by atoms with Gasteiger partial charge in [0.15, 0.2) is 0 Å². The number of amides is 5. The molecule has 6 aliphatic rings. The second kappa shape index (κ2) is 14.3. The summed E-state index contributed by atoms with van der Waals surface area (Å²) in [6, 6.07) is 15.9. The topological polar surface area (TPSA) is 156 Å². The van der Waals surface area contributed by atoms with Crippen LogP contribution in [0, 0.1) is 39.9 Å². The largest absolute Gasteiger partial charge is 0.489 e. The molecule has 3 aromatic rings. The van der Waals surface area contributed by atoms with Gasteiger partial charge in [0.1, 0.15) is 29.7 Å². The highest BCUT2D eigenvalue weighted by Crippen LogP contribution is 2.59. The van der Waals surface area contributed by atoms with Gasteiger partial charge in [-0.15, -0.1) is 0 Å². The molecule has 59 heavy (non-hydrogen) atoms. The number of carbonyl (C=O) groups is 5. The summed E-state index contributed by atoms with van der Waals surface area (Å²) in [4.78, 5) is 76.8. The first-order valence-electron chi connectivity index (χ1n) is 20.2. The van der Waals surface area contributed by atoms with Gasteiger partial charge in [0.05, 0.1) is 34.5 Å². The fourth-order valence-corrected chi connectivity index (χ4v) is 11.1. The fourth-order valence-electron chi connectivity index (χ4n) is 10.7. The van der Waals surface area contributed by atoms with Crippen LogP contribution in [0.1, 0.15) is 101 Å². The van der Waals surface area contributed by atoms with E-state index in [1.807, 2.05) is 35.2 Å². The lowest BCUT2D eigenvalue weighted by Gasteiger charge is -2.65. The molecule has 2 aromatic carbocycles. The van der Waals surface area contributed by atoms with Crippen molar-refractivity contribution in [2.45, 2.75) is 84.2 Å². The number of pyridine rings is 1. The number of fused-ring (bicyclic) bond motifs is 2. The Labute approximate surface area is 351 Å². The van der Waals surface area contributed by atoms with Crippen LogP contribution < -0.4 is 15.0 Å². The van der Waals surface area contributed by atoms with Crippen LogP contribution in [0.3, 0.4) is 0 Å². The van der Waals surface area contributed by atoms with Gasteiger partial charge in [-0.1, -0.05) is 33.6 Å². The Kier molecular flexibility index (Phi) is 9.44. The SMILES string of the molecule is CC1(C)C(Oc2ccc(C#N)c(Br)c2)C(C)(C)C1N1Cc2nc(C#CC3CC(N4CCN(c5ccc6c(c5)C(=O)N(C5CCC(=O)NC5=O)C6=O)CC4)C3)ccc2C1=O. The number of benzene rings is 2. The second-order valence-electron chi connectivity index (χ2n) is 17.7. The van der Waals surface area contributed by atoms with Crippen LogP contribution in [0.2, 0.25) is 0 Å². The van der Waals surface area contributed by atoms with Crippen molar-refractivity contribution >= 4 is 51.2 Å². The average Bonchev–Trinajstić information content (AvgIpc) is 3.63. The molecule has 1 atom stereocenters. The lowest BCUT2D eigenvalue weighted by molar-refractivity contribution is -0.199. The number of aromatic nitrogens is 1. The van der Waals surface area contributed by atoms with Crippen LogP contribution in [-0.4, -0.2) is 99.6 Å². The molecule has 5 heterocycles. The van der Waals surface area contributed by atoms with Gasteiger partial charge in [0.2, 0.25) is 11.8 Å². The molecule has 9 rings (SSSR count). The molecule has 302 valence electrons. The van der Waals surface area contributed by atoms with E-state index < -0.39 is 29.7 Å². The van der Waals surface area contributed by atoms with E-state index in [4.69, 9.17) is 9.72 Å². The number of hydrogen-bond acceptors (Lipinski definition) is 10. The highest BCUT2D eigenvalue weighted by atomic mass is 79.9. The summed E-state index contributed by atoms with van der Waals surface area (Å²) in [6.45, 7) is 12.3. The van der Waals surface area contributed by atoms with Gasteiger partial charge in [-0.3, -0.25) is 39.1 Å². The number of nitriles is 1. The Morgan fingerprint density at radius 1 is 0.864 bits per heavy atom. The number of nitrogens with one attached hydrogen (secondary N) is 1. The van der Waals surface area contributed by atoms with Crippen molar-refractivity contribution < 1.29 is 28.7 Å². The van der Waals surface area contributed by atoms with E-state index in [9.17, 15) is 29.2 Å². The lowest BCUT2D eigenvalue weighted by Crippen LogP contribution is -2.74. The molecule has 0 bridgehead atoms. The standard InChI is InChI=1S/C45H44BrN7O6/c1-44(2)42(45(3,4)43(44)59-30-10-6-26(23-47)34(46)22-30)52-24-35-32(39(52)56)11-8-27(48-35)7-5-25-19-29(20-25)51-17-15-50(16-18-51)28-9-12-31-33(21-28)41(58)53(40(31)57)36-13-14-37(54)49-38(36)55/h6,8-12,21-22,25,29,36,42-43H,13-20,24H2,1-4H3,(H,49,54,55). The predicted octanol–water partition coefficient (Wildman–Crippen LogP) is 4.91. The number of piperazine rings is 1. The van der Waals surface area contributed by atoms with Crippen LogP contribution in [0.4, 0.5) is 5.69 Å². The zero-order chi connectivity index (χ0) is 41.5. The molecular formula is C45H44BrN7O6. The molecule has 4 aliphatic heterocycles. The minimum Gasteiger partial charge on any atom is -0.489 e. The third-order valence-electron chi connectivity index (χ3n) is 13.3. The van der Waals surface area contributed by atoms with Crippen LogP contribution >= 0.6 is 15.9 Å². The summed E-state index contributed by atoms with van der Waals surface area (Å²) < 4.78 is 7.20. The van der Waals surface area contributed by atoms with Gasteiger partial charge < -0.3 is 14.5 Å². The molecule has 2 saturated carbocycles. The van der Waals surface area contributed by atoms with Crippen molar-refractivity contribution in [2.75, 3.05) is 31.1 Å². The van der Waals surface area contributed by atoms with Crippen molar-refractivity contribution in [3.8, 4) is 23.7 Å². The molecule has 2 saturated heterocycles. The molecule has 13 nitrogen and oxygen atoms in total. The lowest BCUT2D eigenvalue weighted by atomic mass is 9.49. The molecule has 1 N–H and O–H groups in total. The Morgan fingerprint density at radius 2 is 1.58 bits per heavy atom. The van der Waals surface area contributed by atoms with E-state index in [2.05, 4.69) is 76.7 Å². The third kappa shape index (κ3) is 6.48. The number of carbonyl (C=O) groups excluding carboxylic acids is 5. The first-order valence-corrected chi connectivity index (χ1v) is 21.0. The Bertz CT molecular complexity index is 2440. The number of ether oxygens (including phenoxy) is 1. The van der Waals surface area contributed by atoms with E-state index >= 15 is 0 Å². The minimum atomic E-state index is -0.982. The molecule has 14 heteroatoms. The highest BCUT2D eigenvalue weighted by molar-refractivity contribution is 9.10. The Morgan fingerprint density at radius 3 is 2.27 bits per heavy atom. The number of imide groups is 2. The molecule has 0 spiro atoms. The van der Waals surface area contributed by atoms with E-state index in [-0.39, 0.29) is 53.2 Å². The predicted molar refractivity (Wildman–Crippen MR) is 219 cm³/mol. The maximum absolute atomic E-state index is 13.8. The van der Waals surface area contributed by atoms with Crippen LogP contribution in [0.5, 0.6) is 5.75 Å². The van der Waals surface area contributed by atoms with E-state index in [1.165, 1.54) is 0 Å². The molecule has 1 unspecified atom stereocenters. The van der Waals surface area contributed by atoms with Gasteiger partial charge in [0.25, 0.3) is 17.7 Å². The molecule has 4 fully saturated rings. The fraction of sp³-hybridized carbons (Fsp3) is 0.444. The van der Waals surface area contributed by atoms with Crippen LogP contribution in [0.25, 0.3) is 0 Å². The van der Waals surface area contributed by atoms with Gasteiger partial charge in [0, 0.05) is 71.6 Å². The summed E-state index contributed by atoms with van der Waals surface area (Å²) in [6.07, 6.45) is 2.01. The van der Waals surface area contributed by atoms with Crippen molar-refractivity contribution in [2.24, 2.45) is 16.7 Å². The number of nitrogens with zero attached hydrogens (tertiary/aromatic N) is 6. The van der Waals surface area contributed by atoms with Crippen LogP contribution in [0.15, 0.2) is 53.0 Å². The molecular weight excluding hydrogens is 814 g/mol. The summed E-state index contributed by atoms with van der Waals surface area (Å²) in [5.74, 6) is 5.65. The summed E-state index contributed by atoms with van der Waals surface area (Å²) >= 11 is 3.46. The zero-order valence-electron chi connectivity index (χ0n) is 33.4. The van der Waals surface area contributed by atoms with Crippen molar-refractivity contribution in [1.82, 2.24) is 25.0 Å². The summed E-state index contributed by atoms with van der Waals surface area (Å²) in [7, 11) is 0. The van der Waals surface area contributed by atoms with Crippen molar-refractivity contribution in [3.63, 3.8) is 0 Å². The first kappa shape index (κ1) is 38.9. The normalized spacial score (nSPS) is 26.9. The zero-order valence-corrected chi connectivity index (χ0v) is 35.0. The van der Waals surface area contributed by atoms with E-state index in [0.29, 0.717) is 45.2 Å². The molecule has 2 aliphatic carbocycles. The molecule has 0 radical (unpaired) electrons. The van der Waals surface area contributed by atoms with Gasteiger partial charge >= 0.3 is 0 Å². The molecule has 5 amide bonds. The smallest absolute Gasteiger partial charge is 0.262 e. The second-order valence-corrected chi connectivity index (χ2v) is 18.6. The summed E-state index contributed by atoms with van der Waals surface area (Å²) in [5, 5.41) is 11.5. The number of piperidine rings is 1. The quantitative estimate of drug-likeness (QED) is 0.267. The van der Waals surface area contributed by atoms with Crippen molar-refractivity contribution in [3.05, 3.63) is 86.6 Å². The van der Waals surface area contributed by atoms with Gasteiger partial charge in [-0.25, -0.2) is 4.98 Å². The summed E-state index contributed by atoms with van der Waals surface area (Å²) in [5.41, 5.74) is 3.35. The van der Waals surface area contributed by atoms with Crippen LogP contribution in [-0.2, 0) is 16.1 Å². The maximum Gasteiger partial charge on any atom is 0.262 e. The average molecular weight is 859 g/mol. The van der Waals surface area contributed by atoms with Crippen molar-refractivity contribution in [1.29, 1.82) is 5.26 Å². The highest BCUT2D eigenvalue weighted by Gasteiger charge is 2.67. The van der Waals surface area contributed by atoms with Gasteiger partial charge in [-0.2, -0.15) is 5.26 Å². The number of rotatable bonds is 6. The monoisotopic (exact) mass is 857 g/mol. The van der Waals surface area contributed by atoms with E-state index in [0.717, 1.165) is 55.3 Å². The third-order valence-corrected chi connectivity index (χ3v) is 14.0. The molecule has 1 aromatic heterocycles. The number of anilines is 1. The van der Waals surface area contributed by atoms with E-state index in [1.54, 1.807) is 18.2 Å². The van der Waals surface area contributed by atoms with Gasteiger partial charge in [-0.05, 0) is 89.6 Å². The maximum atomic E-state index is 13.8. The minimum absolute atomic E-state index is 0.0177. The Hall–Kier alpha value is -5.57. The number of hydrogen-bond donors (Lipinski definition) is 1. The first-order chi connectivity index (χ1) is 28.1.